The first-order valence-electron chi connectivity index (χ1n) is 9.88. The maximum atomic E-state index is 13.1. The van der Waals surface area contributed by atoms with Gasteiger partial charge in [-0.3, -0.25) is 4.79 Å². The molecule has 29 heavy (non-hydrogen) atoms. The zero-order chi connectivity index (χ0) is 19.8. The third-order valence-electron chi connectivity index (χ3n) is 5.53. The Hall–Kier alpha value is -3.29. The van der Waals surface area contributed by atoms with Gasteiger partial charge in [0.15, 0.2) is 11.6 Å². The Balaban J connectivity index is 1.37. The summed E-state index contributed by atoms with van der Waals surface area (Å²) >= 11 is 0. The first-order chi connectivity index (χ1) is 14.2. The van der Waals surface area contributed by atoms with Gasteiger partial charge in [-0.15, -0.1) is 10.2 Å². The number of benzene rings is 1. The molecule has 0 unspecified atom stereocenters. The average molecular weight is 392 g/mol. The van der Waals surface area contributed by atoms with Crippen LogP contribution in [-0.2, 0) is 13.1 Å². The molecule has 1 saturated heterocycles. The summed E-state index contributed by atoms with van der Waals surface area (Å²) in [7, 11) is 0. The highest BCUT2D eigenvalue weighted by Crippen LogP contribution is 2.25. The van der Waals surface area contributed by atoms with Crippen molar-refractivity contribution in [3.05, 3.63) is 59.7 Å². The van der Waals surface area contributed by atoms with Gasteiger partial charge in [-0.2, -0.15) is 0 Å². The van der Waals surface area contributed by atoms with E-state index < -0.39 is 0 Å². The summed E-state index contributed by atoms with van der Waals surface area (Å²) < 4.78 is 15.2. The smallest absolute Gasteiger partial charge is 0.254 e. The van der Waals surface area contributed by atoms with Gasteiger partial charge in [0.2, 0.25) is 0 Å². The number of rotatable bonds is 3. The molecular weight excluding hydrogens is 371 g/mol. The Morgan fingerprint density at radius 1 is 0.931 bits per heavy atom. The lowest BCUT2D eigenvalue weighted by Crippen LogP contribution is -2.38. The zero-order valence-electron chi connectivity index (χ0n) is 16.0. The summed E-state index contributed by atoms with van der Waals surface area (Å²) in [6.07, 6.45) is 2.40. The molecule has 1 amide bonds. The van der Waals surface area contributed by atoms with Crippen molar-refractivity contribution < 1.29 is 9.18 Å². The summed E-state index contributed by atoms with van der Waals surface area (Å²) in [5.74, 6) is 1.95. The van der Waals surface area contributed by atoms with E-state index in [1.165, 1.54) is 37.1 Å². The monoisotopic (exact) mass is 392 g/mol. The molecule has 4 heterocycles. The predicted octanol–water partition coefficient (Wildman–Crippen LogP) is 2.74. The number of carbonyl (C=O) groups is 1. The van der Waals surface area contributed by atoms with Crippen LogP contribution in [0.2, 0.25) is 0 Å². The van der Waals surface area contributed by atoms with Crippen molar-refractivity contribution in [1.29, 1.82) is 0 Å². The van der Waals surface area contributed by atoms with Gasteiger partial charge in [0.1, 0.15) is 17.3 Å². The maximum absolute atomic E-state index is 13.1. The maximum Gasteiger partial charge on any atom is 0.254 e. The summed E-state index contributed by atoms with van der Waals surface area (Å²) in [4.78, 5) is 21.5. The van der Waals surface area contributed by atoms with Crippen LogP contribution >= 0.6 is 0 Å². The highest BCUT2D eigenvalue weighted by molar-refractivity contribution is 5.94. The number of pyridine rings is 1. The number of hydrogen-bond acceptors (Lipinski definition) is 5. The Kier molecular flexibility index (Phi) is 4.46. The zero-order valence-corrected chi connectivity index (χ0v) is 16.0. The quantitative estimate of drug-likeness (QED) is 0.686. The minimum absolute atomic E-state index is 0.130. The molecule has 1 aromatic carbocycles. The summed E-state index contributed by atoms with van der Waals surface area (Å²) in [6.45, 7) is 3.58. The summed E-state index contributed by atoms with van der Waals surface area (Å²) in [6, 6.07) is 11.6. The largest absolute Gasteiger partial charge is 0.357 e. The number of amides is 1. The lowest BCUT2D eigenvalue weighted by Gasteiger charge is -2.28. The van der Waals surface area contributed by atoms with E-state index in [1.54, 1.807) is 4.90 Å². The van der Waals surface area contributed by atoms with Crippen LogP contribution in [0, 0.1) is 5.82 Å². The van der Waals surface area contributed by atoms with Crippen LogP contribution in [0.5, 0.6) is 0 Å². The SMILES string of the molecule is O=C(c1ccc(F)cc1)N1CCn2c(nnc2-c2cccc(N3CCCC3)n2)C1. The lowest BCUT2D eigenvalue weighted by atomic mass is 10.2. The van der Waals surface area contributed by atoms with E-state index >= 15 is 0 Å². The van der Waals surface area contributed by atoms with Crippen LogP contribution < -0.4 is 4.90 Å². The molecule has 0 bridgehead atoms. The topological polar surface area (TPSA) is 67.2 Å². The van der Waals surface area contributed by atoms with E-state index in [-0.39, 0.29) is 11.7 Å². The molecule has 2 aliphatic rings. The lowest BCUT2D eigenvalue weighted by molar-refractivity contribution is 0.0708. The molecule has 3 aromatic rings. The molecule has 0 saturated carbocycles. The van der Waals surface area contributed by atoms with Crippen molar-refractivity contribution in [3.8, 4) is 11.5 Å². The van der Waals surface area contributed by atoms with Crippen molar-refractivity contribution in [2.45, 2.75) is 25.9 Å². The molecule has 2 aromatic heterocycles. The van der Waals surface area contributed by atoms with Crippen molar-refractivity contribution in [1.82, 2.24) is 24.6 Å². The molecule has 0 aliphatic carbocycles. The molecule has 0 atom stereocenters. The fourth-order valence-corrected chi connectivity index (χ4v) is 3.97. The van der Waals surface area contributed by atoms with Crippen molar-refractivity contribution in [3.63, 3.8) is 0 Å². The first kappa shape index (κ1) is 17.8. The second kappa shape index (κ2) is 7.27. The fraction of sp³-hybridized carbons (Fsp3) is 0.333. The normalized spacial score (nSPS) is 16.2. The van der Waals surface area contributed by atoms with Gasteiger partial charge in [0.05, 0.1) is 6.54 Å². The number of aromatic nitrogens is 4. The van der Waals surface area contributed by atoms with Crippen LogP contribution in [0.4, 0.5) is 10.2 Å². The van der Waals surface area contributed by atoms with Gasteiger partial charge in [0, 0.05) is 31.7 Å². The van der Waals surface area contributed by atoms with Crippen molar-refractivity contribution in [2.75, 3.05) is 24.5 Å². The molecule has 0 spiro atoms. The number of carbonyl (C=O) groups excluding carboxylic acids is 1. The fourth-order valence-electron chi connectivity index (χ4n) is 3.97. The molecule has 7 nitrogen and oxygen atoms in total. The predicted molar refractivity (Wildman–Crippen MR) is 106 cm³/mol. The van der Waals surface area contributed by atoms with E-state index in [2.05, 4.69) is 15.1 Å². The molecule has 0 N–H and O–H groups in total. The highest BCUT2D eigenvalue weighted by Gasteiger charge is 2.26. The van der Waals surface area contributed by atoms with E-state index in [4.69, 9.17) is 4.98 Å². The second-order valence-electron chi connectivity index (χ2n) is 7.40. The van der Waals surface area contributed by atoms with Crippen LogP contribution in [0.3, 0.4) is 0 Å². The van der Waals surface area contributed by atoms with Crippen molar-refractivity contribution in [2.24, 2.45) is 0 Å². The highest BCUT2D eigenvalue weighted by atomic mass is 19.1. The van der Waals surface area contributed by atoms with E-state index in [0.717, 1.165) is 36.3 Å². The standard InChI is InChI=1S/C21H21FN6O/c22-16-8-6-15(7-9-16)21(29)27-12-13-28-19(14-27)24-25-20(28)17-4-3-5-18(23-17)26-10-1-2-11-26/h3-9H,1-2,10-14H2. The third-order valence-corrected chi connectivity index (χ3v) is 5.53. The van der Waals surface area contributed by atoms with Crippen LogP contribution in [-0.4, -0.2) is 50.2 Å². The van der Waals surface area contributed by atoms with E-state index in [9.17, 15) is 9.18 Å². The van der Waals surface area contributed by atoms with Gasteiger partial charge in [-0.05, 0) is 49.2 Å². The van der Waals surface area contributed by atoms with Gasteiger partial charge in [0.25, 0.3) is 5.91 Å². The minimum atomic E-state index is -0.353. The molecule has 8 heteroatoms. The number of hydrogen-bond donors (Lipinski definition) is 0. The molecular formula is C21H21FN6O. The van der Waals surface area contributed by atoms with Crippen LogP contribution in [0.1, 0.15) is 29.0 Å². The number of halogens is 1. The molecule has 1 fully saturated rings. The van der Waals surface area contributed by atoms with Gasteiger partial charge < -0.3 is 14.4 Å². The number of anilines is 1. The molecule has 2 aliphatic heterocycles. The Bertz CT molecular complexity index is 1040. The number of fused-ring (bicyclic) bond motifs is 1. The minimum Gasteiger partial charge on any atom is -0.357 e. The van der Waals surface area contributed by atoms with Crippen LogP contribution in [0.15, 0.2) is 42.5 Å². The third kappa shape index (κ3) is 3.35. The van der Waals surface area contributed by atoms with Gasteiger partial charge in [-0.1, -0.05) is 6.07 Å². The van der Waals surface area contributed by atoms with Crippen molar-refractivity contribution >= 4 is 11.7 Å². The average Bonchev–Trinajstić information content (AvgIpc) is 3.43. The second-order valence-corrected chi connectivity index (χ2v) is 7.40. The van der Waals surface area contributed by atoms with Gasteiger partial charge in [-0.25, -0.2) is 9.37 Å². The summed E-state index contributed by atoms with van der Waals surface area (Å²) in [5.41, 5.74) is 1.27. The van der Waals surface area contributed by atoms with E-state index in [0.29, 0.717) is 25.2 Å². The summed E-state index contributed by atoms with van der Waals surface area (Å²) in [5, 5.41) is 8.66. The van der Waals surface area contributed by atoms with Crippen LogP contribution in [0.25, 0.3) is 11.5 Å². The molecule has 0 radical (unpaired) electrons. The Morgan fingerprint density at radius 2 is 1.72 bits per heavy atom. The number of nitrogens with zero attached hydrogens (tertiary/aromatic N) is 6. The Labute approximate surface area is 167 Å². The molecule has 5 rings (SSSR count). The molecule has 148 valence electrons. The Morgan fingerprint density at radius 3 is 2.52 bits per heavy atom. The van der Waals surface area contributed by atoms with E-state index in [1.807, 2.05) is 22.8 Å². The van der Waals surface area contributed by atoms with Gasteiger partial charge >= 0.3 is 0 Å². The first-order valence-corrected chi connectivity index (χ1v) is 9.88.